The highest BCUT2D eigenvalue weighted by Gasteiger charge is 2.41. The Labute approximate surface area is 228 Å². The molecule has 4 atom stereocenters. The number of hydrogen-bond donors (Lipinski definition) is 2. The van der Waals surface area contributed by atoms with E-state index in [9.17, 15) is 29.4 Å². The first-order valence-electron chi connectivity index (χ1n) is 12.4. The summed E-state index contributed by atoms with van der Waals surface area (Å²) in [5.41, 5.74) is -0.403. The molecule has 40 heavy (non-hydrogen) atoms. The topological polar surface area (TPSA) is 152 Å². The van der Waals surface area contributed by atoms with Gasteiger partial charge >= 0.3 is 11.9 Å². The van der Waals surface area contributed by atoms with Gasteiger partial charge in [-0.25, -0.2) is 9.59 Å². The van der Waals surface area contributed by atoms with Crippen molar-refractivity contribution >= 4 is 34.7 Å². The third kappa shape index (κ3) is 5.78. The smallest absolute Gasteiger partial charge is 0.336 e. The molecule has 1 aliphatic carbocycles. The average molecular weight is 545 g/mol. The molecule has 0 amide bonds. The van der Waals surface area contributed by atoms with Crippen LogP contribution in [0.3, 0.4) is 0 Å². The summed E-state index contributed by atoms with van der Waals surface area (Å²) in [7, 11) is 0. The quantitative estimate of drug-likeness (QED) is 0.219. The van der Waals surface area contributed by atoms with Gasteiger partial charge in [0, 0.05) is 12.2 Å². The number of epoxide rings is 2. The van der Waals surface area contributed by atoms with Crippen LogP contribution < -0.4 is 0 Å². The first-order valence-corrected chi connectivity index (χ1v) is 12.4. The Morgan fingerprint density at radius 2 is 1.00 bits per heavy atom. The number of allylic oxidation sites excluding steroid dienone is 2. The normalized spacial score (nSPS) is 24.1. The fourth-order valence-electron chi connectivity index (χ4n) is 4.06. The lowest BCUT2D eigenvalue weighted by molar-refractivity contribution is -0.138. The molecule has 2 heterocycles. The van der Waals surface area contributed by atoms with Crippen LogP contribution in [0.5, 0.6) is 11.5 Å². The fraction of sp³-hybridized carbons (Fsp3) is 0.200. The van der Waals surface area contributed by atoms with E-state index in [-0.39, 0.29) is 58.2 Å². The average Bonchev–Trinajstić information content (AvgIpc) is 3.83. The Balaban J connectivity index is 1.58. The Morgan fingerprint density at radius 3 is 1.30 bits per heavy atom. The minimum Gasteiger partial charge on any atom is -0.508 e. The van der Waals surface area contributed by atoms with Crippen molar-refractivity contribution in [1.29, 1.82) is 0 Å². The first-order chi connectivity index (χ1) is 19.1. The summed E-state index contributed by atoms with van der Waals surface area (Å²) in [4.78, 5) is 53.3. The van der Waals surface area contributed by atoms with E-state index in [2.05, 4.69) is 0 Å². The SMILES string of the molecule is C[C@@H]1O[C@H]1/C=C\C(=O)OC1=C(c2ccc(O)cc2)C(=O)C(OC(=O)/C=C\[C@@H]2O[C@H]2C)=C(c2ccc(O)cc2)C1=O. The molecule has 2 aromatic rings. The van der Waals surface area contributed by atoms with Crippen molar-refractivity contribution in [3.63, 3.8) is 0 Å². The molecular formula is C30H24O10. The van der Waals surface area contributed by atoms with Gasteiger partial charge in [-0.2, -0.15) is 0 Å². The van der Waals surface area contributed by atoms with Gasteiger partial charge in [-0.3, -0.25) is 9.59 Å². The summed E-state index contributed by atoms with van der Waals surface area (Å²) in [6.45, 7) is 3.64. The number of ether oxygens (including phenoxy) is 4. The van der Waals surface area contributed by atoms with Gasteiger partial charge in [-0.05, 0) is 61.4 Å². The monoisotopic (exact) mass is 544 g/mol. The van der Waals surface area contributed by atoms with E-state index in [0.29, 0.717) is 0 Å². The van der Waals surface area contributed by atoms with Crippen molar-refractivity contribution in [2.45, 2.75) is 38.3 Å². The highest BCUT2D eigenvalue weighted by atomic mass is 16.6. The largest absolute Gasteiger partial charge is 0.508 e. The first kappa shape index (κ1) is 26.8. The summed E-state index contributed by atoms with van der Waals surface area (Å²) in [5.74, 6) is -5.05. The van der Waals surface area contributed by atoms with Crippen LogP contribution in [0.4, 0.5) is 0 Å². The van der Waals surface area contributed by atoms with Gasteiger partial charge in [0.15, 0.2) is 11.5 Å². The minimum absolute atomic E-state index is 0.0567. The molecule has 0 bridgehead atoms. The van der Waals surface area contributed by atoms with Crippen molar-refractivity contribution in [2.75, 3.05) is 0 Å². The second-order valence-corrected chi connectivity index (χ2v) is 9.33. The third-order valence-corrected chi connectivity index (χ3v) is 6.40. The predicted octanol–water partition coefficient (Wildman–Crippen LogP) is 3.15. The molecule has 0 spiro atoms. The van der Waals surface area contributed by atoms with Gasteiger partial charge in [0.2, 0.25) is 11.6 Å². The van der Waals surface area contributed by atoms with E-state index < -0.39 is 35.0 Å². The highest BCUT2D eigenvalue weighted by Crippen LogP contribution is 2.38. The number of benzene rings is 2. The summed E-state index contributed by atoms with van der Waals surface area (Å²) in [6.07, 6.45) is 4.50. The number of Topliss-reactive ketones (excluding diaryl/α,β-unsaturated/α-hetero) is 2. The van der Waals surface area contributed by atoms with E-state index in [1.807, 2.05) is 13.8 Å². The van der Waals surface area contributed by atoms with Gasteiger partial charge < -0.3 is 29.2 Å². The molecular weight excluding hydrogens is 520 g/mol. The molecule has 2 saturated heterocycles. The van der Waals surface area contributed by atoms with Crippen molar-refractivity contribution in [1.82, 2.24) is 0 Å². The Kier molecular flexibility index (Phi) is 7.20. The van der Waals surface area contributed by atoms with Crippen LogP contribution in [-0.4, -0.2) is 58.1 Å². The predicted molar refractivity (Wildman–Crippen MR) is 139 cm³/mol. The number of phenolic OH excluding ortho intramolecular Hbond substituents is 2. The van der Waals surface area contributed by atoms with Crippen LogP contribution in [-0.2, 0) is 38.1 Å². The van der Waals surface area contributed by atoms with Crippen molar-refractivity contribution in [3.8, 4) is 11.5 Å². The summed E-state index contributed by atoms with van der Waals surface area (Å²) in [5, 5.41) is 19.5. The number of hydrogen-bond acceptors (Lipinski definition) is 10. The molecule has 10 heteroatoms. The molecule has 10 nitrogen and oxygen atoms in total. The summed E-state index contributed by atoms with van der Waals surface area (Å²) >= 11 is 0. The molecule has 0 saturated carbocycles. The fourth-order valence-corrected chi connectivity index (χ4v) is 4.06. The zero-order valence-corrected chi connectivity index (χ0v) is 21.4. The van der Waals surface area contributed by atoms with E-state index >= 15 is 0 Å². The maximum Gasteiger partial charge on any atom is 0.336 e. The molecule has 0 aromatic heterocycles. The maximum absolute atomic E-state index is 13.9. The van der Waals surface area contributed by atoms with Gasteiger partial charge in [-0.15, -0.1) is 0 Å². The number of esters is 2. The van der Waals surface area contributed by atoms with E-state index in [0.717, 1.165) is 12.2 Å². The van der Waals surface area contributed by atoms with Crippen molar-refractivity contribution < 1.29 is 48.3 Å². The second-order valence-electron chi connectivity index (χ2n) is 9.33. The number of aromatic hydroxyl groups is 2. The van der Waals surface area contributed by atoms with Crippen molar-refractivity contribution in [3.05, 3.63) is 95.5 Å². The van der Waals surface area contributed by atoms with Gasteiger partial charge in [-0.1, -0.05) is 24.3 Å². The molecule has 204 valence electrons. The zero-order valence-electron chi connectivity index (χ0n) is 21.4. The molecule has 2 aromatic carbocycles. The highest BCUT2D eigenvalue weighted by molar-refractivity contribution is 6.47. The van der Waals surface area contributed by atoms with Crippen LogP contribution in [0.2, 0.25) is 0 Å². The van der Waals surface area contributed by atoms with E-state index in [4.69, 9.17) is 18.9 Å². The molecule has 5 rings (SSSR count). The minimum atomic E-state index is -0.929. The lowest BCUT2D eigenvalue weighted by atomic mass is 9.86. The van der Waals surface area contributed by atoms with Crippen molar-refractivity contribution in [2.24, 2.45) is 0 Å². The number of ketones is 2. The number of rotatable bonds is 8. The van der Waals surface area contributed by atoms with E-state index in [1.165, 1.54) is 60.7 Å². The van der Waals surface area contributed by atoms with Gasteiger partial charge in [0.05, 0.1) is 23.4 Å². The summed E-state index contributed by atoms with van der Waals surface area (Å²) < 4.78 is 21.3. The number of phenols is 2. The summed E-state index contributed by atoms with van der Waals surface area (Å²) in [6, 6.07) is 10.6. The van der Waals surface area contributed by atoms with Crippen LogP contribution in [0.1, 0.15) is 25.0 Å². The number of carbonyl (C=O) groups excluding carboxylic acids is 4. The Hall–Kier alpha value is -4.80. The second kappa shape index (κ2) is 10.8. The molecule has 2 fully saturated rings. The van der Waals surface area contributed by atoms with Crippen LogP contribution in [0.25, 0.3) is 11.1 Å². The van der Waals surface area contributed by atoms with E-state index in [1.54, 1.807) is 0 Å². The standard InChI is InChI=1S/C30H24O10/c1-15-21(37-15)11-13-23(33)39-29-25(17-3-7-19(31)8-4-17)28(36)30(40-24(34)14-12-22-16(2)38-22)26(27(29)35)18-5-9-20(32)10-6-18/h3-16,21-22,31-32H,1-2H3/b13-11-,14-12-/t15-,16-,21-,22-/m0/s1. The van der Waals surface area contributed by atoms with Gasteiger partial charge in [0.25, 0.3) is 0 Å². The van der Waals surface area contributed by atoms with Crippen LogP contribution in [0.15, 0.2) is 84.4 Å². The lowest BCUT2D eigenvalue weighted by Gasteiger charge is -2.23. The third-order valence-electron chi connectivity index (χ3n) is 6.40. The molecule has 2 aliphatic heterocycles. The Bertz CT molecular complexity index is 1390. The zero-order chi connectivity index (χ0) is 28.6. The lowest BCUT2D eigenvalue weighted by Crippen LogP contribution is -2.27. The molecule has 2 N–H and O–H groups in total. The maximum atomic E-state index is 13.9. The Morgan fingerprint density at radius 1 is 0.675 bits per heavy atom. The molecule has 0 unspecified atom stereocenters. The van der Waals surface area contributed by atoms with Gasteiger partial charge in [0.1, 0.15) is 23.7 Å². The van der Waals surface area contributed by atoms with Crippen LogP contribution in [0, 0.1) is 0 Å². The molecule has 0 radical (unpaired) electrons. The molecule has 3 aliphatic rings. The van der Waals surface area contributed by atoms with Crippen LogP contribution >= 0.6 is 0 Å². The number of carbonyl (C=O) groups is 4.